The molecule has 2 aliphatic rings. The number of hydrogen-bond acceptors (Lipinski definition) is 7. The first kappa shape index (κ1) is 14.8. The largest absolute Gasteiger partial charge is 0.461 e. The van der Waals surface area contributed by atoms with E-state index in [2.05, 4.69) is 10.3 Å². The molecule has 0 aromatic carbocycles. The second kappa shape index (κ2) is 6.33. The molecule has 0 aliphatic carbocycles. The zero-order valence-corrected chi connectivity index (χ0v) is 12.5. The highest BCUT2D eigenvalue weighted by atomic mass is 16.6. The number of carbonyl (C=O) groups is 1. The van der Waals surface area contributed by atoms with Crippen LogP contribution in [0.25, 0.3) is 0 Å². The molecule has 8 heteroatoms. The summed E-state index contributed by atoms with van der Waals surface area (Å²) < 4.78 is 11.3. The summed E-state index contributed by atoms with van der Waals surface area (Å²) in [4.78, 5) is 28.8. The van der Waals surface area contributed by atoms with Crippen LogP contribution in [-0.2, 0) is 20.8 Å². The minimum absolute atomic E-state index is 0.0296. The number of nitrogens with zero attached hydrogens (tertiary/aromatic N) is 3. The van der Waals surface area contributed by atoms with Crippen molar-refractivity contribution in [1.29, 1.82) is 0 Å². The van der Waals surface area contributed by atoms with Gasteiger partial charge in [0.25, 0.3) is 0 Å². The number of aromatic nitrogens is 2. The molecular weight excluding hydrogens is 290 g/mol. The Morgan fingerprint density at radius 2 is 2.32 bits per heavy atom. The first-order valence-corrected chi connectivity index (χ1v) is 7.66. The van der Waals surface area contributed by atoms with E-state index >= 15 is 0 Å². The van der Waals surface area contributed by atoms with Crippen LogP contribution in [0.1, 0.15) is 50.9 Å². The zero-order valence-electron chi connectivity index (χ0n) is 12.5. The van der Waals surface area contributed by atoms with E-state index in [9.17, 15) is 9.59 Å². The van der Waals surface area contributed by atoms with E-state index in [1.165, 1.54) is 0 Å². The highest BCUT2D eigenvalue weighted by Gasteiger charge is 2.32. The third-order valence-electron chi connectivity index (χ3n) is 4.04. The van der Waals surface area contributed by atoms with Crippen molar-refractivity contribution in [3.63, 3.8) is 0 Å². The Morgan fingerprint density at radius 3 is 3.14 bits per heavy atom. The highest BCUT2D eigenvalue weighted by Crippen LogP contribution is 2.29. The highest BCUT2D eigenvalue weighted by molar-refractivity contribution is 6.36. The van der Waals surface area contributed by atoms with Gasteiger partial charge >= 0.3 is 11.7 Å². The van der Waals surface area contributed by atoms with Gasteiger partial charge in [0.1, 0.15) is 6.10 Å². The van der Waals surface area contributed by atoms with Crippen LogP contribution in [-0.4, -0.2) is 34.1 Å². The number of rotatable bonds is 4. The van der Waals surface area contributed by atoms with Gasteiger partial charge in [0.2, 0.25) is 0 Å². The SMILES string of the molecule is CCOC(=O)C1=NOC(CC2CCCCc3noc(=O)n32)C1. The molecule has 0 radical (unpaired) electrons. The van der Waals surface area contributed by atoms with Crippen LogP contribution in [0.5, 0.6) is 0 Å². The lowest BCUT2D eigenvalue weighted by Crippen LogP contribution is -2.26. The van der Waals surface area contributed by atoms with Gasteiger partial charge in [0.15, 0.2) is 11.5 Å². The maximum absolute atomic E-state index is 11.8. The molecule has 0 N–H and O–H groups in total. The number of fused-ring (bicyclic) bond motifs is 1. The van der Waals surface area contributed by atoms with Crippen molar-refractivity contribution in [3.05, 3.63) is 16.4 Å². The van der Waals surface area contributed by atoms with E-state index in [1.807, 2.05) is 0 Å². The molecule has 3 heterocycles. The Hall–Kier alpha value is -2.12. The third kappa shape index (κ3) is 2.90. The molecule has 120 valence electrons. The maximum atomic E-state index is 11.8. The summed E-state index contributed by atoms with van der Waals surface area (Å²) in [6.07, 6.45) is 4.40. The summed E-state index contributed by atoms with van der Waals surface area (Å²) in [7, 11) is 0. The molecule has 0 amide bonds. The number of aryl methyl sites for hydroxylation is 1. The fraction of sp³-hybridized carbons (Fsp3) is 0.714. The predicted molar refractivity (Wildman–Crippen MR) is 75.5 cm³/mol. The molecule has 8 nitrogen and oxygen atoms in total. The normalized spacial score (nSPS) is 24.1. The first-order chi connectivity index (χ1) is 10.7. The average molecular weight is 309 g/mol. The lowest BCUT2D eigenvalue weighted by molar-refractivity contribution is -0.135. The molecule has 1 aromatic rings. The van der Waals surface area contributed by atoms with E-state index in [-0.39, 0.29) is 12.1 Å². The summed E-state index contributed by atoms with van der Waals surface area (Å²) in [6, 6.07) is -0.0296. The zero-order chi connectivity index (χ0) is 15.5. The van der Waals surface area contributed by atoms with Crippen molar-refractivity contribution < 1.29 is 18.9 Å². The Morgan fingerprint density at radius 1 is 1.45 bits per heavy atom. The summed E-state index contributed by atoms with van der Waals surface area (Å²) in [5, 5.41) is 7.65. The Bertz CT molecular complexity index is 633. The van der Waals surface area contributed by atoms with Gasteiger partial charge in [-0.05, 0) is 19.8 Å². The fourth-order valence-electron chi connectivity index (χ4n) is 3.02. The van der Waals surface area contributed by atoms with Gasteiger partial charge in [-0.3, -0.25) is 9.09 Å². The fourth-order valence-corrected chi connectivity index (χ4v) is 3.02. The predicted octanol–water partition coefficient (Wildman–Crippen LogP) is 1.20. The van der Waals surface area contributed by atoms with Gasteiger partial charge in [0.05, 0.1) is 6.61 Å². The lowest BCUT2D eigenvalue weighted by atomic mass is 10.0. The van der Waals surface area contributed by atoms with Crippen LogP contribution in [0, 0.1) is 0 Å². The summed E-state index contributed by atoms with van der Waals surface area (Å²) in [6.45, 7) is 2.06. The summed E-state index contributed by atoms with van der Waals surface area (Å²) >= 11 is 0. The molecule has 2 aliphatic heterocycles. The van der Waals surface area contributed by atoms with E-state index in [0.717, 1.165) is 25.7 Å². The molecule has 2 atom stereocenters. The summed E-state index contributed by atoms with van der Waals surface area (Å²) in [5.74, 6) is -0.169. The number of hydrogen-bond donors (Lipinski definition) is 0. The molecule has 0 spiro atoms. The van der Waals surface area contributed by atoms with Crippen molar-refractivity contribution in [2.75, 3.05) is 6.61 Å². The van der Waals surface area contributed by atoms with Gasteiger partial charge in [-0.15, -0.1) is 0 Å². The molecule has 0 fully saturated rings. The van der Waals surface area contributed by atoms with Crippen LogP contribution in [0.3, 0.4) is 0 Å². The smallest absolute Gasteiger partial charge is 0.441 e. The third-order valence-corrected chi connectivity index (χ3v) is 4.04. The molecule has 22 heavy (non-hydrogen) atoms. The van der Waals surface area contributed by atoms with Crippen molar-refractivity contribution >= 4 is 11.7 Å². The minimum Gasteiger partial charge on any atom is -0.461 e. The minimum atomic E-state index is -0.436. The van der Waals surface area contributed by atoms with Crippen LogP contribution < -0.4 is 5.76 Å². The van der Waals surface area contributed by atoms with E-state index in [0.29, 0.717) is 31.0 Å². The average Bonchev–Trinajstić information content (AvgIpc) is 3.04. The van der Waals surface area contributed by atoms with Crippen LogP contribution in [0.2, 0.25) is 0 Å². The van der Waals surface area contributed by atoms with Crippen molar-refractivity contribution in [1.82, 2.24) is 9.72 Å². The van der Waals surface area contributed by atoms with E-state index in [1.54, 1.807) is 11.5 Å². The second-order valence-electron chi connectivity index (χ2n) is 5.56. The Labute approximate surface area is 127 Å². The van der Waals surface area contributed by atoms with E-state index < -0.39 is 11.7 Å². The molecule has 0 saturated carbocycles. The van der Waals surface area contributed by atoms with Gasteiger partial charge in [-0.25, -0.2) is 9.59 Å². The monoisotopic (exact) mass is 309 g/mol. The number of ether oxygens (including phenoxy) is 1. The van der Waals surface area contributed by atoms with Gasteiger partial charge in [-0.2, -0.15) is 0 Å². The van der Waals surface area contributed by atoms with Crippen molar-refractivity contribution in [2.45, 2.75) is 57.6 Å². The van der Waals surface area contributed by atoms with Crippen molar-refractivity contribution in [3.8, 4) is 0 Å². The van der Waals surface area contributed by atoms with Crippen LogP contribution >= 0.6 is 0 Å². The molecule has 3 rings (SSSR count). The molecule has 0 bridgehead atoms. The maximum Gasteiger partial charge on any atom is 0.441 e. The molecule has 0 saturated heterocycles. The van der Waals surface area contributed by atoms with E-state index in [4.69, 9.17) is 14.1 Å². The number of oxime groups is 1. The first-order valence-electron chi connectivity index (χ1n) is 7.66. The van der Waals surface area contributed by atoms with Crippen molar-refractivity contribution in [2.24, 2.45) is 5.16 Å². The van der Waals surface area contributed by atoms with Gasteiger partial charge in [-0.1, -0.05) is 16.7 Å². The number of carbonyl (C=O) groups excluding carboxylic acids is 1. The Kier molecular flexibility index (Phi) is 4.26. The quantitative estimate of drug-likeness (QED) is 0.775. The second-order valence-corrected chi connectivity index (χ2v) is 5.56. The Balaban J connectivity index is 1.66. The summed E-state index contributed by atoms with van der Waals surface area (Å²) in [5.41, 5.74) is 0.304. The standard InChI is InChI=1S/C14H19N3O5/c1-2-20-13(18)11-8-10(21-15-11)7-9-5-3-4-6-12-16-22-14(19)17(9)12/h9-10H,2-8H2,1H3. The molecule has 1 aromatic heterocycles. The van der Waals surface area contributed by atoms with Gasteiger partial charge < -0.3 is 9.57 Å². The molecule has 2 unspecified atom stereocenters. The topological polar surface area (TPSA) is 95.9 Å². The lowest BCUT2D eigenvalue weighted by Gasteiger charge is -2.18. The molecular formula is C14H19N3O5. The van der Waals surface area contributed by atoms with Crippen LogP contribution in [0.15, 0.2) is 14.5 Å². The van der Waals surface area contributed by atoms with Crippen LogP contribution in [0.4, 0.5) is 0 Å². The number of esters is 1. The van der Waals surface area contributed by atoms with Gasteiger partial charge in [0, 0.05) is 25.3 Å².